The van der Waals surface area contributed by atoms with Crippen LogP contribution in [0.2, 0.25) is 0 Å². The molecule has 0 bridgehead atoms. The van der Waals surface area contributed by atoms with E-state index in [0.717, 1.165) is 0 Å². The van der Waals surface area contributed by atoms with Crippen LogP contribution in [-0.2, 0) is 0 Å². The second-order valence-electron chi connectivity index (χ2n) is 1.57. The van der Waals surface area contributed by atoms with Crippen molar-refractivity contribution in [2.45, 2.75) is 11.4 Å². The predicted octanol–water partition coefficient (Wildman–Crippen LogP) is 0.119. The van der Waals surface area contributed by atoms with Crippen LogP contribution in [0, 0.1) is 0 Å². The summed E-state index contributed by atoms with van der Waals surface area (Å²) in [6.07, 6.45) is 0. The Bertz CT molecular complexity index is 52.0. The highest BCUT2D eigenvalue weighted by atomic mass is 35.5. The molecule has 0 aliphatic carbocycles. The first kappa shape index (κ1) is 8.50. The maximum absolute atomic E-state index is 5.58. The third-order valence-electron chi connectivity index (χ3n) is 0.884. The van der Waals surface area contributed by atoms with Gasteiger partial charge < -0.3 is 11.5 Å². The van der Waals surface area contributed by atoms with Crippen molar-refractivity contribution in [1.82, 2.24) is 0 Å². The third-order valence-corrected chi connectivity index (χ3v) is 1.85. The first-order valence-electron chi connectivity index (χ1n) is 2.38. The molecule has 0 aromatic rings. The highest BCUT2D eigenvalue weighted by molar-refractivity contribution is 6.28. The Kier molecular flexibility index (Phi) is 4.66. The number of nitrogens with two attached hydrogens (primary N) is 2. The van der Waals surface area contributed by atoms with Crippen molar-refractivity contribution in [2.75, 3.05) is 12.4 Å². The van der Waals surface area contributed by atoms with Gasteiger partial charge in [0.15, 0.2) is 0 Å². The lowest BCUT2D eigenvalue weighted by molar-refractivity contribution is 0.671. The number of hydrogen-bond donors (Lipinski definition) is 2. The van der Waals surface area contributed by atoms with Crippen LogP contribution >= 0.6 is 23.2 Å². The summed E-state index contributed by atoms with van der Waals surface area (Å²) in [6, 6.07) is -0.172. The quantitative estimate of drug-likeness (QED) is 0.571. The van der Waals surface area contributed by atoms with E-state index in [2.05, 4.69) is 0 Å². The maximum atomic E-state index is 5.58. The summed E-state index contributed by atoms with van der Waals surface area (Å²) in [5, 5.41) is -0.193. The molecule has 0 amide bonds. The second kappa shape index (κ2) is 4.39. The molecule has 0 rings (SSSR count). The zero-order valence-corrected chi connectivity index (χ0v) is 5.99. The van der Waals surface area contributed by atoms with Gasteiger partial charge in [-0.2, -0.15) is 0 Å². The van der Waals surface area contributed by atoms with Gasteiger partial charge in [-0.1, -0.05) is 0 Å². The fourth-order valence-electron chi connectivity index (χ4n) is 0.262. The largest absolute Gasteiger partial charge is 0.329 e. The van der Waals surface area contributed by atoms with Gasteiger partial charge in [0.05, 0.1) is 5.38 Å². The lowest BCUT2D eigenvalue weighted by Crippen LogP contribution is -2.38. The standard InChI is InChI=1S/C4H10Cl2N2/c5-1-3(6)4(8)2-7/h3-4H,1-2,7-8H2. The summed E-state index contributed by atoms with van der Waals surface area (Å²) in [5.41, 5.74) is 10.6. The fraction of sp³-hybridized carbons (Fsp3) is 1.00. The minimum Gasteiger partial charge on any atom is -0.329 e. The second-order valence-corrected chi connectivity index (χ2v) is 2.44. The van der Waals surface area contributed by atoms with Crippen LogP contribution < -0.4 is 11.5 Å². The van der Waals surface area contributed by atoms with E-state index in [1.54, 1.807) is 0 Å². The van der Waals surface area contributed by atoms with Crippen molar-refractivity contribution in [3.05, 3.63) is 0 Å². The van der Waals surface area contributed by atoms with E-state index in [0.29, 0.717) is 12.4 Å². The van der Waals surface area contributed by atoms with Gasteiger partial charge in [-0.3, -0.25) is 0 Å². The molecule has 0 saturated carbocycles. The molecule has 2 unspecified atom stereocenters. The molecule has 0 aliphatic rings. The van der Waals surface area contributed by atoms with Crippen molar-refractivity contribution in [1.29, 1.82) is 0 Å². The molecule has 0 heterocycles. The van der Waals surface area contributed by atoms with Crippen molar-refractivity contribution in [3.8, 4) is 0 Å². The molecule has 0 aromatic carbocycles. The third kappa shape index (κ3) is 2.72. The summed E-state index contributed by atoms with van der Waals surface area (Å²) in [6.45, 7) is 0.390. The van der Waals surface area contributed by atoms with Crippen LogP contribution in [0.5, 0.6) is 0 Å². The van der Waals surface area contributed by atoms with Crippen molar-refractivity contribution < 1.29 is 0 Å². The van der Waals surface area contributed by atoms with Gasteiger partial charge in [-0.05, 0) is 0 Å². The fourth-order valence-corrected chi connectivity index (χ4v) is 0.594. The lowest BCUT2D eigenvalue weighted by Gasteiger charge is -2.11. The van der Waals surface area contributed by atoms with E-state index in [9.17, 15) is 0 Å². The highest BCUT2D eigenvalue weighted by Crippen LogP contribution is 2.00. The monoisotopic (exact) mass is 156 g/mol. The molecule has 0 aliphatic heterocycles. The van der Waals surface area contributed by atoms with Gasteiger partial charge in [0.2, 0.25) is 0 Å². The first-order valence-corrected chi connectivity index (χ1v) is 3.35. The molecule has 4 N–H and O–H groups in total. The van der Waals surface area contributed by atoms with Crippen molar-refractivity contribution in [2.24, 2.45) is 11.5 Å². The summed E-state index contributed by atoms with van der Waals surface area (Å²) < 4.78 is 0. The average Bonchev–Trinajstić information content (AvgIpc) is 1.84. The molecule has 8 heavy (non-hydrogen) atoms. The molecule has 2 nitrogen and oxygen atoms in total. The van der Waals surface area contributed by atoms with Gasteiger partial charge >= 0.3 is 0 Å². The Morgan fingerprint density at radius 1 is 1.50 bits per heavy atom. The summed E-state index contributed by atoms with van der Waals surface area (Å²) >= 11 is 10.9. The van der Waals surface area contributed by atoms with E-state index in [1.807, 2.05) is 0 Å². The molecule has 0 fully saturated rings. The number of alkyl halides is 2. The number of halogens is 2. The van der Waals surface area contributed by atoms with Crippen LogP contribution in [0.4, 0.5) is 0 Å². The summed E-state index contributed by atoms with van der Waals surface area (Å²) in [5.74, 6) is 0.361. The van der Waals surface area contributed by atoms with Crippen molar-refractivity contribution >= 4 is 23.2 Å². The molecule has 4 heteroatoms. The Morgan fingerprint density at radius 2 is 2.00 bits per heavy atom. The molecule has 50 valence electrons. The van der Waals surface area contributed by atoms with E-state index < -0.39 is 0 Å². The first-order chi connectivity index (χ1) is 3.72. The molecular weight excluding hydrogens is 147 g/mol. The van der Waals surface area contributed by atoms with Crippen LogP contribution in [0.25, 0.3) is 0 Å². The average molecular weight is 157 g/mol. The SMILES string of the molecule is NCC(N)C(Cl)CCl. The van der Waals surface area contributed by atoms with Gasteiger partial charge in [0.1, 0.15) is 0 Å². The number of rotatable bonds is 3. The van der Waals surface area contributed by atoms with E-state index >= 15 is 0 Å². The van der Waals surface area contributed by atoms with E-state index in [4.69, 9.17) is 34.7 Å². The topological polar surface area (TPSA) is 52.0 Å². The molecule has 0 saturated heterocycles. The minimum absolute atomic E-state index is 0.172. The Morgan fingerprint density at radius 3 is 2.12 bits per heavy atom. The molecule has 2 atom stereocenters. The van der Waals surface area contributed by atoms with Crippen LogP contribution in [-0.4, -0.2) is 23.8 Å². The molecule has 0 aromatic heterocycles. The smallest absolute Gasteiger partial charge is 0.0634 e. The summed E-state index contributed by atoms with van der Waals surface area (Å²) in [4.78, 5) is 0. The van der Waals surface area contributed by atoms with E-state index in [1.165, 1.54) is 0 Å². The van der Waals surface area contributed by atoms with E-state index in [-0.39, 0.29) is 11.4 Å². The van der Waals surface area contributed by atoms with Gasteiger partial charge in [0, 0.05) is 18.5 Å². The number of hydrogen-bond acceptors (Lipinski definition) is 2. The van der Waals surface area contributed by atoms with Gasteiger partial charge in [-0.15, -0.1) is 23.2 Å². The Labute approximate surface area is 59.1 Å². The van der Waals surface area contributed by atoms with Crippen molar-refractivity contribution in [3.63, 3.8) is 0 Å². The zero-order valence-electron chi connectivity index (χ0n) is 4.48. The zero-order chi connectivity index (χ0) is 6.57. The molecule has 0 spiro atoms. The Hall–Kier alpha value is 0.500. The Balaban J connectivity index is 3.29. The van der Waals surface area contributed by atoms with Gasteiger partial charge in [-0.25, -0.2) is 0 Å². The summed E-state index contributed by atoms with van der Waals surface area (Å²) in [7, 11) is 0. The molecule has 0 radical (unpaired) electrons. The van der Waals surface area contributed by atoms with Crippen LogP contribution in [0.15, 0.2) is 0 Å². The predicted molar refractivity (Wildman–Crippen MR) is 37.4 cm³/mol. The molecular formula is C4H10Cl2N2. The highest BCUT2D eigenvalue weighted by Gasteiger charge is 2.10. The minimum atomic E-state index is -0.193. The lowest BCUT2D eigenvalue weighted by atomic mass is 10.2. The van der Waals surface area contributed by atoms with Gasteiger partial charge in [0.25, 0.3) is 0 Å². The van der Waals surface area contributed by atoms with Crippen LogP contribution in [0.1, 0.15) is 0 Å². The normalized spacial score (nSPS) is 18.0. The van der Waals surface area contributed by atoms with Crippen LogP contribution in [0.3, 0.4) is 0 Å². The maximum Gasteiger partial charge on any atom is 0.0634 e.